The molecule has 0 aromatic rings. The topological polar surface area (TPSA) is 93.6 Å². The average Bonchev–Trinajstić information content (AvgIpc) is 2.63. The normalized spacial score (nSPS) is 27.1. The summed E-state index contributed by atoms with van der Waals surface area (Å²) in [7, 11) is 0. The molecule has 3 rings (SSSR count). The van der Waals surface area contributed by atoms with Crippen molar-refractivity contribution >= 4 is 35.6 Å². The standard InChI is InChI=1S/C19H24ClFN6O2/c1-11-24-15-13(9-23-16(20)14(15)21)17(25-11)26-7-8-27(12(10-26)5-6-22)18(28)29-19(2,3)4/h9,12-13,15H,5,7-8,10H2,1-4H3/t12-,13?,15?/m0/s1. The highest BCUT2D eigenvalue weighted by atomic mass is 35.5. The van der Waals surface area contributed by atoms with E-state index in [2.05, 4.69) is 21.0 Å². The number of hydrogen-bond acceptors (Lipinski definition) is 7. The second-order valence-corrected chi connectivity index (χ2v) is 8.53. The van der Waals surface area contributed by atoms with Gasteiger partial charge >= 0.3 is 6.09 Å². The van der Waals surface area contributed by atoms with Gasteiger partial charge in [0.2, 0.25) is 0 Å². The van der Waals surface area contributed by atoms with Gasteiger partial charge in [0, 0.05) is 25.8 Å². The molecule has 156 valence electrons. The molecule has 3 heterocycles. The molecule has 1 saturated heterocycles. The summed E-state index contributed by atoms with van der Waals surface area (Å²) in [5.41, 5.74) is -0.624. The number of nitrogens with zero attached hydrogens (tertiary/aromatic N) is 6. The summed E-state index contributed by atoms with van der Waals surface area (Å²) in [5.74, 6) is 0.0174. The fourth-order valence-corrected chi connectivity index (χ4v) is 3.74. The number of hydrogen-bond donors (Lipinski definition) is 0. The minimum absolute atomic E-state index is 0.151. The van der Waals surface area contributed by atoms with E-state index in [0.717, 1.165) is 0 Å². The summed E-state index contributed by atoms with van der Waals surface area (Å²) in [6, 6.07) is 0.982. The first-order valence-corrected chi connectivity index (χ1v) is 9.82. The molecule has 0 aliphatic carbocycles. The zero-order valence-corrected chi connectivity index (χ0v) is 17.6. The zero-order valence-electron chi connectivity index (χ0n) is 16.9. The van der Waals surface area contributed by atoms with Crippen LogP contribution in [0.15, 0.2) is 26.0 Å². The summed E-state index contributed by atoms with van der Waals surface area (Å²) in [4.78, 5) is 28.9. The fourth-order valence-electron chi connectivity index (χ4n) is 3.57. The Morgan fingerprint density at radius 3 is 2.83 bits per heavy atom. The Labute approximate surface area is 174 Å². The average molecular weight is 423 g/mol. The quantitative estimate of drug-likeness (QED) is 0.607. The number of aliphatic imine (C=N–C) groups is 3. The monoisotopic (exact) mass is 422 g/mol. The molecule has 29 heavy (non-hydrogen) atoms. The number of carbonyl (C=O) groups is 1. The van der Waals surface area contributed by atoms with E-state index in [1.54, 1.807) is 38.8 Å². The first kappa shape index (κ1) is 21.2. The van der Waals surface area contributed by atoms with Crippen LogP contribution in [-0.2, 0) is 4.74 Å². The molecule has 2 unspecified atom stereocenters. The molecule has 8 nitrogen and oxygen atoms in total. The predicted molar refractivity (Wildman–Crippen MR) is 109 cm³/mol. The molecule has 3 atom stereocenters. The maximum Gasteiger partial charge on any atom is 0.410 e. The molecule has 0 spiro atoms. The van der Waals surface area contributed by atoms with Gasteiger partial charge in [0.15, 0.2) is 11.0 Å². The summed E-state index contributed by atoms with van der Waals surface area (Å²) >= 11 is 5.83. The first-order valence-electron chi connectivity index (χ1n) is 9.44. The number of amidine groups is 2. The van der Waals surface area contributed by atoms with Gasteiger partial charge in [-0.05, 0) is 27.7 Å². The maximum atomic E-state index is 14.5. The molecule has 0 saturated carbocycles. The van der Waals surface area contributed by atoms with Gasteiger partial charge in [-0.3, -0.25) is 4.99 Å². The van der Waals surface area contributed by atoms with E-state index >= 15 is 0 Å². The lowest BCUT2D eigenvalue weighted by Crippen LogP contribution is -2.59. The molecule has 0 bridgehead atoms. The van der Waals surface area contributed by atoms with Crippen molar-refractivity contribution in [1.29, 1.82) is 5.26 Å². The number of fused-ring (bicyclic) bond motifs is 1. The van der Waals surface area contributed by atoms with E-state index < -0.39 is 29.5 Å². The Bertz CT molecular complexity index is 854. The van der Waals surface area contributed by atoms with Crippen molar-refractivity contribution in [3.8, 4) is 6.07 Å². The number of ether oxygens (including phenoxy) is 1. The molecule has 3 aliphatic heterocycles. The SMILES string of the molecule is CC1=NC2C(F)=C(Cl)N=CC2C(N2CCN(C(=O)OC(C)(C)C)[C@@H](CC#N)C2)=N1. The van der Waals surface area contributed by atoms with Crippen molar-refractivity contribution < 1.29 is 13.9 Å². The van der Waals surface area contributed by atoms with Gasteiger partial charge in [-0.15, -0.1) is 0 Å². The van der Waals surface area contributed by atoms with E-state index in [9.17, 15) is 14.4 Å². The largest absolute Gasteiger partial charge is 0.444 e. The molecule has 1 fully saturated rings. The highest BCUT2D eigenvalue weighted by Crippen LogP contribution is 2.32. The molecule has 1 amide bonds. The van der Waals surface area contributed by atoms with Gasteiger partial charge in [0.25, 0.3) is 0 Å². The maximum absolute atomic E-state index is 14.5. The van der Waals surface area contributed by atoms with Crippen LogP contribution in [0.3, 0.4) is 0 Å². The third-order valence-corrected chi connectivity index (χ3v) is 5.09. The van der Waals surface area contributed by atoms with E-state index in [1.165, 1.54) is 0 Å². The Balaban J connectivity index is 1.81. The number of halogens is 2. The zero-order chi connectivity index (χ0) is 21.3. The number of piperazine rings is 1. The van der Waals surface area contributed by atoms with Crippen LogP contribution in [0, 0.1) is 17.2 Å². The van der Waals surface area contributed by atoms with Crippen molar-refractivity contribution in [3.63, 3.8) is 0 Å². The predicted octanol–water partition coefficient (Wildman–Crippen LogP) is 3.10. The Kier molecular flexibility index (Phi) is 5.94. The molecular formula is C19H24ClFN6O2. The summed E-state index contributed by atoms with van der Waals surface area (Å²) < 4.78 is 20.0. The molecule has 3 aliphatic rings. The second-order valence-electron chi connectivity index (χ2n) is 8.17. The highest BCUT2D eigenvalue weighted by molar-refractivity contribution is 6.30. The van der Waals surface area contributed by atoms with Crippen LogP contribution in [0.1, 0.15) is 34.1 Å². The van der Waals surface area contributed by atoms with Crippen LogP contribution in [0.25, 0.3) is 0 Å². The Morgan fingerprint density at radius 1 is 1.45 bits per heavy atom. The number of carbonyl (C=O) groups excluding carboxylic acids is 1. The number of rotatable bonds is 1. The van der Waals surface area contributed by atoms with Crippen LogP contribution in [-0.4, -0.2) is 71.1 Å². The van der Waals surface area contributed by atoms with Crippen molar-refractivity contribution in [2.24, 2.45) is 20.9 Å². The van der Waals surface area contributed by atoms with Crippen LogP contribution >= 0.6 is 11.6 Å². The summed E-state index contributed by atoms with van der Waals surface area (Å²) in [6.45, 7) is 8.33. The molecule has 0 N–H and O–H groups in total. The molecule has 0 aromatic carbocycles. The van der Waals surface area contributed by atoms with Crippen molar-refractivity contribution in [1.82, 2.24) is 9.80 Å². The number of amides is 1. The highest BCUT2D eigenvalue weighted by Gasteiger charge is 2.41. The van der Waals surface area contributed by atoms with Gasteiger partial charge in [-0.1, -0.05) is 11.6 Å². The van der Waals surface area contributed by atoms with Gasteiger partial charge in [0.05, 0.1) is 24.4 Å². The van der Waals surface area contributed by atoms with Crippen LogP contribution in [0.5, 0.6) is 0 Å². The van der Waals surface area contributed by atoms with E-state index in [1.807, 2.05) is 4.90 Å². The Hall–Kier alpha value is -2.47. The van der Waals surface area contributed by atoms with Gasteiger partial charge in [-0.25, -0.2) is 19.2 Å². The van der Waals surface area contributed by atoms with E-state index in [-0.39, 0.29) is 17.6 Å². The van der Waals surface area contributed by atoms with E-state index in [4.69, 9.17) is 16.3 Å². The molecule has 0 aromatic heterocycles. The number of nitriles is 1. The third kappa shape index (κ3) is 4.58. The second kappa shape index (κ2) is 8.11. The van der Waals surface area contributed by atoms with Crippen LogP contribution < -0.4 is 0 Å². The smallest absolute Gasteiger partial charge is 0.410 e. The lowest BCUT2D eigenvalue weighted by Gasteiger charge is -2.44. The molecule has 10 heteroatoms. The van der Waals surface area contributed by atoms with Gasteiger partial charge in [0.1, 0.15) is 23.3 Å². The lowest BCUT2D eigenvalue weighted by molar-refractivity contribution is 0.00559. The lowest BCUT2D eigenvalue weighted by atomic mass is 9.94. The van der Waals surface area contributed by atoms with Crippen molar-refractivity contribution in [2.45, 2.75) is 51.8 Å². The summed E-state index contributed by atoms with van der Waals surface area (Å²) in [5, 5.41) is 9.06. The summed E-state index contributed by atoms with van der Waals surface area (Å²) in [6.07, 6.45) is 1.27. The van der Waals surface area contributed by atoms with Crippen LogP contribution in [0.4, 0.5) is 9.18 Å². The van der Waals surface area contributed by atoms with E-state index in [0.29, 0.717) is 31.3 Å². The minimum atomic E-state index is -0.786. The fraction of sp³-hybridized carbons (Fsp3) is 0.632. The molecule has 0 radical (unpaired) electrons. The molecular weight excluding hydrogens is 399 g/mol. The van der Waals surface area contributed by atoms with Gasteiger partial charge < -0.3 is 14.5 Å². The first-order chi connectivity index (χ1) is 13.6. The minimum Gasteiger partial charge on any atom is -0.444 e. The van der Waals surface area contributed by atoms with Crippen LogP contribution in [0.2, 0.25) is 0 Å². The third-order valence-electron chi connectivity index (χ3n) is 4.81. The van der Waals surface area contributed by atoms with Crippen molar-refractivity contribution in [2.75, 3.05) is 19.6 Å². The van der Waals surface area contributed by atoms with Gasteiger partial charge in [-0.2, -0.15) is 5.26 Å². The Morgan fingerprint density at radius 2 is 2.17 bits per heavy atom. The van der Waals surface area contributed by atoms with Crippen molar-refractivity contribution in [3.05, 3.63) is 11.0 Å².